The monoisotopic (exact) mass is 179 g/mol. The number of H-pyrrole nitrogens is 1. The highest BCUT2D eigenvalue weighted by Gasteiger charge is 2.36. The van der Waals surface area contributed by atoms with E-state index in [9.17, 15) is 0 Å². The van der Waals surface area contributed by atoms with Crippen LogP contribution in [0.3, 0.4) is 0 Å². The van der Waals surface area contributed by atoms with Crippen molar-refractivity contribution in [2.45, 2.75) is 26.7 Å². The minimum absolute atomic E-state index is 0.335. The van der Waals surface area contributed by atoms with E-state index in [1.807, 2.05) is 6.92 Å². The van der Waals surface area contributed by atoms with Crippen LogP contribution in [0.4, 0.5) is 0 Å². The topological polar surface area (TPSA) is 40.7 Å². The molecule has 0 bridgehead atoms. The van der Waals surface area contributed by atoms with E-state index in [4.69, 9.17) is 0 Å². The standard InChI is InChI=1S/C10H17N3/c1-7-4-9(13-12-7)8-5-11-6-10(8,2)3/h4,8,11H,5-6H2,1-3H3,(H,12,13)/t8-/m0/s1. The summed E-state index contributed by atoms with van der Waals surface area (Å²) in [5.74, 6) is 0.553. The van der Waals surface area contributed by atoms with Gasteiger partial charge < -0.3 is 5.32 Å². The molecule has 2 N–H and O–H groups in total. The lowest BCUT2D eigenvalue weighted by molar-refractivity contribution is 0.357. The smallest absolute Gasteiger partial charge is 0.0674 e. The van der Waals surface area contributed by atoms with Crippen LogP contribution >= 0.6 is 0 Å². The molecule has 0 amide bonds. The lowest BCUT2D eigenvalue weighted by atomic mass is 9.80. The van der Waals surface area contributed by atoms with Crippen molar-refractivity contribution in [2.75, 3.05) is 13.1 Å². The van der Waals surface area contributed by atoms with E-state index in [0.29, 0.717) is 11.3 Å². The number of aromatic nitrogens is 2. The van der Waals surface area contributed by atoms with Crippen LogP contribution < -0.4 is 5.32 Å². The molecule has 1 aromatic heterocycles. The van der Waals surface area contributed by atoms with Gasteiger partial charge in [-0.3, -0.25) is 5.10 Å². The molecule has 0 spiro atoms. The summed E-state index contributed by atoms with van der Waals surface area (Å²) in [5.41, 5.74) is 2.69. The van der Waals surface area contributed by atoms with Gasteiger partial charge in [0.15, 0.2) is 0 Å². The number of aromatic amines is 1. The minimum atomic E-state index is 0.335. The van der Waals surface area contributed by atoms with Crippen LogP contribution in [-0.2, 0) is 0 Å². The summed E-state index contributed by atoms with van der Waals surface area (Å²) in [4.78, 5) is 0. The Balaban J connectivity index is 2.26. The third-order valence-corrected chi connectivity index (χ3v) is 2.96. The molecular weight excluding hydrogens is 162 g/mol. The van der Waals surface area contributed by atoms with E-state index in [2.05, 4.69) is 35.4 Å². The zero-order valence-corrected chi connectivity index (χ0v) is 8.52. The molecule has 1 saturated heterocycles. The lowest BCUT2D eigenvalue weighted by Gasteiger charge is -2.23. The predicted molar refractivity (Wildman–Crippen MR) is 52.7 cm³/mol. The van der Waals surface area contributed by atoms with Crippen LogP contribution in [0.5, 0.6) is 0 Å². The second-order valence-corrected chi connectivity index (χ2v) is 4.65. The molecular formula is C10H17N3. The summed E-state index contributed by atoms with van der Waals surface area (Å²) in [5, 5.41) is 10.8. The molecule has 2 rings (SSSR count). The van der Waals surface area contributed by atoms with Crippen LogP contribution in [-0.4, -0.2) is 23.3 Å². The summed E-state index contributed by atoms with van der Waals surface area (Å²) in [6.07, 6.45) is 0. The summed E-state index contributed by atoms with van der Waals surface area (Å²) in [6, 6.07) is 2.15. The Bertz CT molecular complexity index is 301. The van der Waals surface area contributed by atoms with Crippen LogP contribution in [0.2, 0.25) is 0 Å². The first-order valence-corrected chi connectivity index (χ1v) is 4.82. The fourth-order valence-corrected chi connectivity index (χ4v) is 2.06. The number of rotatable bonds is 1. The molecule has 1 atom stereocenters. The van der Waals surface area contributed by atoms with Gasteiger partial charge >= 0.3 is 0 Å². The van der Waals surface area contributed by atoms with E-state index in [1.54, 1.807) is 0 Å². The summed E-state index contributed by atoms with van der Waals surface area (Å²) in [7, 11) is 0. The maximum absolute atomic E-state index is 4.33. The van der Waals surface area contributed by atoms with Crippen molar-refractivity contribution in [3.8, 4) is 0 Å². The minimum Gasteiger partial charge on any atom is -0.315 e. The molecule has 3 heteroatoms. The van der Waals surface area contributed by atoms with E-state index in [0.717, 1.165) is 18.8 Å². The Morgan fingerprint density at radius 3 is 2.77 bits per heavy atom. The molecule has 2 heterocycles. The maximum atomic E-state index is 4.33. The van der Waals surface area contributed by atoms with Gasteiger partial charge in [0.05, 0.1) is 5.69 Å². The first-order chi connectivity index (χ1) is 6.09. The molecule has 0 saturated carbocycles. The van der Waals surface area contributed by atoms with E-state index < -0.39 is 0 Å². The molecule has 1 fully saturated rings. The molecule has 1 aliphatic rings. The zero-order chi connectivity index (χ0) is 9.47. The van der Waals surface area contributed by atoms with E-state index in [1.165, 1.54) is 5.69 Å². The Kier molecular flexibility index (Phi) is 1.91. The molecule has 1 aliphatic heterocycles. The highest BCUT2D eigenvalue weighted by molar-refractivity contribution is 5.17. The predicted octanol–water partition coefficient (Wildman–Crippen LogP) is 1.43. The highest BCUT2D eigenvalue weighted by atomic mass is 15.1. The zero-order valence-electron chi connectivity index (χ0n) is 8.52. The van der Waals surface area contributed by atoms with Crippen LogP contribution in [0.15, 0.2) is 6.07 Å². The van der Waals surface area contributed by atoms with Crippen LogP contribution in [0.1, 0.15) is 31.2 Å². The lowest BCUT2D eigenvalue weighted by Crippen LogP contribution is -2.20. The fraction of sp³-hybridized carbons (Fsp3) is 0.700. The molecule has 0 aromatic carbocycles. The van der Waals surface area contributed by atoms with Gasteiger partial charge in [0.2, 0.25) is 0 Å². The second kappa shape index (κ2) is 2.84. The summed E-state index contributed by atoms with van der Waals surface area (Å²) < 4.78 is 0. The molecule has 1 aromatic rings. The molecule has 0 unspecified atom stereocenters. The van der Waals surface area contributed by atoms with E-state index >= 15 is 0 Å². The van der Waals surface area contributed by atoms with Gasteiger partial charge in [-0.25, -0.2) is 0 Å². The number of nitrogens with zero attached hydrogens (tertiary/aromatic N) is 1. The fourth-order valence-electron chi connectivity index (χ4n) is 2.06. The Morgan fingerprint density at radius 2 is 2.31 bits per heavy atom. The van der Waals surface area contributed by atoms with Crippen LogP contribution in [0, 0.1) is 12.3 Å². The molecule has 0 aliphatic carbocycles. The third kappa shape index (κ3) is 1.48. The van der Waals surface area contributed by atoms with Crippen molar-refractivity contribution < 1.29 is 0 Å². The number of hydrogen-bond acceptors (Lipinski definition) is 2. The van der Waals surface area contributed by atoms with Gasteiger partial charge in [-0.15, -0.1) is 0 Å². The quantitative estimate of drug-likeness (QED) is 0.684. The van der Waals surface area contributed by atoms with Crippen molar-refractivity contribution in [3.05, 3.63) is 17.5 Å². The SMILES string of the molecule is Cc1cc([C@@H]2CNCC2(C)C)n[nH]1. The largest absolute Gasteiger partial charge is 0.315 e. The highest BCUT2D eigenvalue weighted by Crippen LogP contribution is 2.37. The Labute approximate surface area is 78.9 Å². The number of nitrogens with one attached hydrogen (secondary N) is 2. The molecule has 0 radical (unpaired) electrons. The molecule has 13 heavy (non-hydrogen) atoms. The summed E-state index contributed by atoms with van der Waals surface area (Å²) >= 11 is 0. The van der Waals surface area contributed by atoms with E-state index in [-0.39, 0.29) is 0 Å². The molecule has 72 valence electrons. The van der Waals surface area contributed by atoms with Gasteiger partial charge in [-0.1, -0.05) is 13.8 Å². The van der Waals surface area contributed by atoms with Crippen molar-refractivity contribution in [1.82, 2.24) is 15.5 Å². The van der Waals surface area contributed by atoms with Gasteiger partial charge in [0.25, 0.3) is 0 Å². The van der Waals surface area contributed by atoms with Crippen molar-refractivity contribution in [3.63, 3.8) is 0 Å². The third-order valence-electron chi connectivity index (χ3n) is 2.96. The van der Waals surface area contributed by atoms with Gasteiger partial charge in [-0.05, 0) is 18.4 Å². The number of aryl methyl sites for hydroxylation is 1. The molecule has 3 nitrogen and oxygen atoms in total. The van der Waals surface area contributed by atoms with Crippen molar-refractivity contribution in [2.24, 2.45) is 5.41 Å². The average molecular weight is 179 g/mol. The normalized spacial score (nSPS) is 26.5. The first-order valence-electron chi connectivity index (χ1n) is 4.82. The Hall–Kier alpha value is -0.830. The van der Waals surface area contributed by atoms with Crippen molar-refractivity contribution >= 4 is 0 Å². The summed E-state index contributed by atoms with van der Waals surface area (Å²) in [6.45, 7) is 8.77. The van der Waals surface area contributed by atoms with Gasteiger partial charge in [0.1, 0.15) is 0 Å². The van der Waals surface area contributed by atoms with Gasteiger partial charge in [-0.2, -0.15) is 5.10 Å². The van der Waals surface area contributed by atoms with Crippen molar-refractivity contribution in [1.29, 1.82) is 0 Å². The second-order valence-electron chi connectivity index (χ2n) is 4.65. The maximum Gasteiger partial charge on any atom is 0.0674 e. The number of hydrogen-bond donors (Lipinski definition) is 2. The van der Waals surface area contributed by atoms with Crippen LogP contribution in [0.25, 0.3) is 0 Å². The Morgan fingerprint density at radius 1 is 1.54 bits per heavy atom. The first kappa shape index (κ1) is 8.75. The average Bonchev–Trinajstić information content (AvgIpc) is 2.56. The van der Waals surface area contributed by atoms with Gasteiger partial charge in [0, 0.05) is 24.7 Å².